The second-order valence-corrected chi connectivity index (χ2v) is 15.1. The number of sulfonamides is 1. The van der Waals surface area contributed by atoms with Crippen LogP contribution in [0, 0.1) is 20.8 Å². The number of hydrogen-bond donors (Lipinski definition) is 1. The second-order valence-electron chi connectivity index (χ2n) is 12.8. The highest BCUT2D eigenvalue weighted by molar-refractivity contribution is 7.92. The van der Waals surface area contributed by atoms with Crippen LogP contribution >= 0.6 is 11.6 Å². The molecule has 0 unspecified atom stereocenters. The first-order chi connectivity index (χ1) is 23.0. The van der Waals surface area contributed by atoms with Crippen LogP contribution in [0.4, 0.5) is 5.69 Å². The molecule has 0 heterocycles. The van der Waals surface area contributed by atoms with Crippen LogP contribution in [0.5, 0.6) is 0 Å². The fourth-order valence-corrected chi connectivity index (χ4v) is 7.66. The summed E-state index contributed by atoms with van der Waals surface area (Å²) in [6.07, 6.45) is 5.29. The van der Waals surface area contributed by atoms with Gasteiger partial charge < -0.3 is 10.2 Å². The van der Waals surface area contributed by atoms with Crippen LogP contribution in [0.1, 0.15) is 59.9 Å². The minimum Gasteiger partial charge on any atom is -0.352 e. The summed E-state index contributed by atoms with van der Waals surface area (Å²) < 4.78 is 29.8. The van der Waals surface area contributed by atoms with E-state index >= 15 is 0 Å². The number of hydrogen-bond acceptors (Lipinski definition) is 4. The Labute approximate surface area is 290 Å². The standard InChI is InChI=1S/C39H44ClN3O4S/c1-28-14-22-36(23-15-28)48(46,47)43(35-21-16-29(2)30(3)24-35)27-38(44)42(26-32-17-19-33(40)20-18-32)37(25-31-10-6-4-7-11-31)39(45)41-34-12-8-5-9-13-34/h4,6-7,10-11,14-24,34,37H,5,8-9,12-13,25-27H2,1-3H3,(H,41,45)/t37-/m1/s1. The third-order valence-corrected chi connectivity index (χ3v) is 11.2. The summed E-state index contributed by atoms with van der Waals surface area (Å²) in [7, 11) is -4.17. The quantitative estimate of drug-likeness (QED) is 0.167. The van der Waals surface area contributed by atoms with Crippen molar-refractivity contribution in [3.05, 3.63) is 130 Å². The van der Waals surface area contributed by atoms with Gasteiger partial charge >= 0.3 is 0 Å². The zero-order valence-corrected chi connectivity index (χ0v) is 29.4. The number of aryl methyl sites for hydroxylation is 3. The largest absolute Gasteiger partial charge is 0.352 e. The van der Waals surface area contributed by atoms with Crippen LogP contribution in [0.25, 0.3) is 0 Å². The number of carbonyl (C=O) groups is 2. The average Bonchev–Trinajstić information content (AvgIpc) is 3.08. The van der Waals surface area contributed by atoms with Gasteiger partial charge in [-0.2, -0.15) is 0 Å². The van der Waals surface area contributed by atoms with Crippen molar-refractivity contribution in [2.75, 3.05) is 10.8 Å². The van der Waals surface area contributed by atoms with Gasteiger partial charge in [-0.05, 0) is 92.3 Å². The number of amides is 2. The Morgan fingerprint density at radius 3 is 2.12 bits per heavy atom. The van der Waals surface area contributed by atoms with Gasteiger partial charge in [-0.1, -0.05) is 97.1 Å². The SMILES string of the molecule is Cc1ccc(S(=O)(=O)N(CC(=O)N(Cc2ccc(Cl)cc2)[C@H](Cc2ccccc2)C(=O)NC2CCCCC2)c2ccc(C)c(C)c2)cc1. The van der Waals surface area contributed by atoms with Gasteiger partial charge in [0.1, 0.15) is 12.6 Å². The monoisotopic (exact) mass is 685 g/mol. The molecule has 4 aromatic rings. The van der Waals surface area contributed by atoms with Crippen LogP contribution in [0.3, 0.4) is 0 Å². The molecule has 1 aliphatic carbocycles. The van der Waals surface area contributed by atoms with Crippen molar-refractivity contribution < 1.29 is 18.0 Å². The Bertz CT molecular complexity index is 1810. The number of nitrogens with one attached hydrogen (secondary N) is 1. The fourth-order valence-electron chi connectivity index (χ4n) is 6.13. The Morgan fingerprint density at radius 1 is 0.812 bits per heavy atom. The molecule has 1 aliphatic rings. The number of anilines is 1. The summed E-state index contributed by atoms with van der Waals surface area (Å²) >= 11 is 6.20. The highest BCUT2D eigenvalue weighted by Gasteiger charge is 2.35. The molecular formula is C39H44ClN3O4S. The lowest BCUT2D eigenvalue weighted by Crippen LogP contribution is -2.55. The predicted octanol–water partition coefficient (Wildman–Crippen LogP) is 7.55. The average molecular weight is 686 g/mol. The molecule has 7 nitrogen and oxygen atoms in total. The minimum atomic E-state index is -4.17. The molecule has 4 aromatic carbocycles. The van der Waals surface area contributed by atoms with Gasteiger partial charge in [-0.25, -0.2) is 8.42 Å². The Morgan fingerprint density at radius 2 is 1.48 bits per heavy atom. The number of halogens is 1. The van der Waals surface area contributed by atoms with E-state index in [2.05, 4.69) is 5.32 Å². The molecule has 0 bridgehead atoms. The van der Waals surface area contributed by atoms with E-state index in [0.29, 0.717) is 10.7 Å². The van der Waals surface area contributed by atoms with Gasteiger partial charge in [0.2, 0.25) is 11.8 Å². The third-order valence-electron chi connectivity index (χ3n) is 9.16. The minimum absolute atomic E-state index is 0.0333. The molecule has 1 fully saturated rings. The van der Waals surface area contributed by atoms with E-state index < -0.39 is 28.5 Å². The van der Waals surface area contributed by atoms with Crippen molar-refractivity contribution in [3.63, 3.8) is 0 Å². The molecule has 0 radical (unpaired) electrons. The molecular weight excluding hydrogens is 642 g/mol. The Kier molecular flexibility index (Phi) is 11.6. The van der Waals surface area contributed by atoms with Crippen molar-refractivity contribution in [3.8, 4) is 0 Å². The van der Waals surface area contributed by atoms with Crippen LogP contribution in [0.2, 0.25) is 5.02 Å². The summed E-state index contributed by atoms with van der Waals surface area (Å²) in [5.74, 6) is -0.731. The Hall–Kier alpha value is -4.14. The topological polar surface area (TPSA) is 86.8 Å². The summed E-state index contributed by atoms with van der Waals surface area (Å²) in [6.45, 7) is 5.36. The molecule has 1 N–H and O–H groups in total. The summed E-state index contributed by atoms with van der Waals surface area (Å²) in [6, 6.07) is 27.9. The van der Waals surface area contributed by atoms with E-state index in [1.165, 1.54) is 9.21 Å². The van der Waals surface area contributed by atoms with Crippen molar-refractivity contribution in [1.29, 1.82) is 0 Å². The van der Waals surface area contributed by atoms with E-state index in [1.54, 1.807) is 48.5 Å². The maximum Gasteiger partial charge on any atom is 0.264 e. The maximum absolute atomic E-state index is 14.7. The molecule has 252 valence electrons. The van der Waals surface area contributed by atoms with Gasteiger partial charge in [-0.3, -0.25) is 13.9 Å². The third kappa shape index (κ3) is 8.85. The van der Waals surface area contributed by atoms with Gasteiger partial charge in [0, 0.05) is 24.0 Å². The summed E-state index contributed by atoms with van der Waals surface area (Å²) in [5.41, 5.74) is 4.87. The fraction of sp³-hybridized carbons (Fsp3) is 0.333. The zero-order valence-electron chi connectivity index (χ0n) is 27.9. The molecule has 0 aliphatic heterocycles. The number of nitrogens with zero attached hydrogens (tertiary/aromatic N) is 2. The maximum atomic E-state index is 14.7. The van der Waals surface area contributed by atoms with Crippen LogP contribution in [-0.2, 0) is 32.6 Å². The van der Waals surface area contributed by atoms with Crippen LogP contribution in [0.15, 0.2) is 102 Å². The van der Waals surface area contributed by atoms with Gasteiger partial charge in [-0.15, -0.1) is 0 Å². The van der Waals surface area contributed by atoms with Crippen molar-refractivity contribution in [2.45, 2.75) is 82.8 Å². The lowest BCUT2D eigenvalue weighted by Gasteiger charge is -2.35. The zero-order chi connectivity index (χ0) is 34.3. The molecule has 0 saturated heterocycles. The summed E-state index contributed by atoms with van der Waals surface area (Å²) in [5, 5.41) is 3.80. The summed E-state index contributed by atoms with van der Waals surface area (Å²) in [4.78, 5) is 30.6. The molecule has 5 rings (SSSR count). The van der Waals surface area contributed by atoms with Crippen molar-refractivity contribution in [1.82, 2.24) is 10.2 Å². The van der Waals surface area contributed by atoms with Crippen LogP contribution < -0.4 is 9.62 Å². The van der Waals surface area contributed by atoms with E-state index in [0.717, 1.165) is 59.9 Å². The first-order valence-corrected chi connectivity index (χ1v) is 18.4. The van der Waals surface area contributed by atoms with E-state index in [9.17, 15) is 18.0 Å². The second kappa shape index (κ2) is 15.8. The number of carbonyl (C=O) groups excluding carboxylic acids is 2. The molecule has 1 saturated carbocycles. The highest BCUT2D eigenvalue weighted by atomic mass is 35.5. The molecule has 0 aromatic heterocycles. The van der Waals surface area contributed by atoms with Gasteiger partial charge in [0.05, 0.1) is 10.6 Å². The van der Waals surface area contributed by atoms with E-state index in [4.69, 9.17) is 11.6 Å². The molecule has 9 heteroatoms. The first-order valence-electron chi connectivity index (χ1n) is 16.6. The highest BCUT2D eigenvalue weighted by Crippen LogP contribution is 2.28. The van der Waals surface area contributed by atoms with Crippen LogP contribution in [-0.4, -0.2) is 43.8 Å². The number of benzene rings is 4. The molecule has 1 atom stereocenters. The number of rotatable bonds is 12. The smallest absolute Gasteiger partial charge is 0.264 e. The van der Waals surface area contributed by atoms with Gasteiger partial charge in [0.25, 0.3) is 10.0 Å². The van der Waals surface area contributed by atoms with E-state index in [-0.39, 0.29) is 29.8 Å². The van der Waals surface area contributed by atoms with Crippen molar-refractivity contribution >= 4 is 39.1 Å². The normalized spacial score (nSPS) is 14.2. The first kappa shape index (κ1) is 35.2. The lowest BCUT2D eigenvalue weighted by atomic mass is 9.94. The lowest BCUT2D eigenvalue weighted by molar-refractivity contribution is -0.140. The Balaban J connectivity index is 1.57. The predicted molar refractivity (Wildman–Crippen MR) is 193 cm³/mol. The van der Waals surface area contributed by atoms with E-state index in [1.807, 2.05) is 69.3 Å². The molecule has 0 spiro atoms. The van der Waals surface area contributed by atoms with Crippen molar-refractivity contribution in [2.24, 2.45) is 0 Å². The molecule has 2 amide bonds. The van der Waals surface area contributed by atoms with Gasteiger partial charge in [0.15, 0.2) is 0 Å². The molecule has 48 heavy (non-hydrogen) atoms.